The number of hydrogen-bond acceptors (Lipinski definition) is 3. The maximum absolute atomic E-state index is 12.5. The monoisotopic (exact) mass is 326 g/mol. The van der Waals surface area contributed by atoms with Gasteiger partial charge in [0.1, 0.15) is 5.78 Å². The molecule has 6 atom stereocenters. The first-order valence-electron chi connectivity index (χ1n) is 9.11. The molecule has 0 unspecified atom stereocenters. The van der Waals surface area contributed by atoms with Crippen LogP contribution in [0.5, 0.6) is 0 Å². The maximum Gasteiger partial charge on any atom is 0.220 e. The van der Waals surface area contributed by atoms with Gasteiger partial charge in [0.2, 0.25) is 5.78 Å². The van der Waals surface area contributed by atoms with Gasteiger partial charge in [-0.2, -0.15) is 0 Å². The van der Waals surface area contributed by atoms with Gasteiger partial charge in [-0.15, -0.1) is 0 Å². The summed E-state index contributed by atoms with van der Waals surface area (Å²) in [7, 11) is 0. The number of fused-ring (bicyclic) bond motifs is 5. The number of Topliss-reactive ketones (excluding diaryl/α,β-unsaturated/α-hetero) is 1. The van der Waals surface area contributed by atoms with Crippen LogP contribution in [0.15, 0.2) is 35.6 Å². The summed E-state index contributed by atoms with van der Waals surface area (Å²) < 4.78 is 0. The third-order valence-corrected chi connectivity index (χ3v) is 7.85. The zero-order chi connectivity index (χ0) is 17.4. The molecule has 0 heterocycles. The highest BCUT2D eigenvalue weighted by molar-refractivity contribution is 6.04. The Balaban J connectivity index is 1.86. The van der Waals surface area contributed by atoms with Gasteiger partial charge in [-0.1, -0.05) is 33.4 Å². The fourth-order valence-electron chi connectivity index (χ4n) is 6.42. The van der Waals surface area contributed by atoms with E-state index in [1.165, 1.54) is 6.08 Å². The van der Waals surface area contributed by atoms with Gasteiger partial charge in [-0.05, 0) is 54.6 Å². The highest BCUT2D eigenvalue weighted by Crippen LogP contribution is 2.66. The molecule has 0 bridgehead atoms. The molecule has 3 saturated carbocycles. The van der Waals surface area contributed by atoms with E-state index in [1.54, 1.807) is 0 Å². The van der Waals surface area contributed by atoms with Crippen molar-refractivity contribution in [2.75, 3.05) is 0 Å². The lowest BCUT2D eigenvalue weighted by atomic mass is 9.45. The number of aliphatic hydroxyl groups excluding tert-OH is 1. The molecule has 3 fully saturated rings. The summed E-state index contributed by atoms with van der Waals surface area (Å²) in [5.74, 6) is 1.31. The fourth-order valence-corrected chi connectivity index (χ4v) is 6.42. The van der Waals surface area contributed by atoms with Gasteiger partial charge in [-0.3, -0.25) is 9.59 Å². The summed E-state index contributed by atoms with van der Waals surface area (Å²) >= 11 is 0. The van der Waals surface area contributed by atoms with Crippen LogP contribution in [-0.4, -0.2) is 16.7 Å². The molecule has 0 amide bonds. The van der Waals surface area contributed by atoms with Crippen molar-refractivity contribution < 1.29 is 14.7 Å². The van der Waals surface area contributed by atoms with E-state index in [-0.39, 0.29) is 28.3 Å². The minimum Gasteiger partial charge on any atom is -0.504 e. The first kappa shape index (κ1) is 15.9. The lowest BCUT2D eigenvalue weighted by Gasteiger charge is -2.58. The van der Waals surface area contributed by atoms with Crippen molar-refractivity contribution in [3.05, 3.63) is 35.6 Å². The highest BCUT2D eigenvalue weighted by Gasteiger charge is 2.61. The Kier molecular flexibility index (Phi) is 3.11. The van der Waals surface area contributed by atoms with Crippen molar-refractivity contribution in [2.45, 2.75) is 46.5 Å². The predicted octanol–water partition coefficient (Wildman–Crippen LogP) is 4.16. The topological polar surface area (TPSA) is 54.4 Å². The van der Waals surface area contributed by atoms with Crippen LogP contribution in [0, 0.1) is 34.5 Å². The second-order valence-electron chi connectivity index (χ2n) is 8.73. The maximum atomic E-state index is 12.5. The first-order valence-corrected chi connectivity index (χ1v) is 9.11. The van der Waals surface area contributed by atoms with Gasteiger partial charge in [-0.25, -0.2) is 0 Å². The lowest BCUT2D eigenvalue weighted by molar-refractivity contribution is -0.132. The van der Waals surface area contributed by atoms with Crippen molar-refractivity contribution in [1.82, 2.24) is 0 Å². The Bertz CT molecular complexity index is 727. The zero-order valence-corrected chi connectivity index (χ0v) is 14.8. The summed E-state index contributed by atoms with van der Waals surface area (Å²) in [6.45, 7) is 10.7. The third kappa shape index (κ3) is 1.68. The molecule has 128 valence electrons. The van der Waals surface area contributed by atoms with E-state index in [0.29, 0.717) is 30.0 Å². The molecule has 3 heteroatoms. The van der Waals surface area contributed by atoms with E-state index in [9.17, 15) is 14.7 Å². The van der Waals surface area contributed by atoms with Gasteiger partial charge in [0.25, 0.3) is 0 Å². The van der Waals surface area contributed by atoms with Gasteiger partial charge in [0, 0.05) is 22.8 Å². The summed E-state index contributed by atoms with van der Waals surface area (Å²) in [5.41, 5.74) is 1.09. The molecular weight excluding hydrogens is 300 g/mol. The summed E-state index contributed by atoms with van der Waals surface area (Å²) in [5, 5.41) is 10.5. The number of allylic oxidation sites excluding steroid dienone is 4. The smallest absolute Gasteiger partial charge is 0.220 e. The molecule has 1 N–H and O–H groups in total. The van der Waals surface area contributed by atoms with Gasteiger partial charge >= 0.3 is 0 Å². The van der Waals surface area contributed by atoms with Crippen LogP contribution in [0.4, 0.5) is 0 Å². The van der Waals surface area contributed by atoms with Crippen LogP contribution in [0.3, 0.4) is 0 Å². The summed E-state index contributed by atoms with van der Waals surface area (Å²) in [6.07, 6.45) is 7.06. The number of hydrogen-bond donors (Lipinski definition) is 1. The standard InChI is InChI=1S/C21H26O3/c1-11-12(2)18-19(24)15(22)8-10-21(18,4)14-7-9-20(3)13(17(11)14)5-6-16(20)23/h8,10-11,13-14,17,24H,2,5-7,9H2,1,3-4H3/t11-,13+,14+,17+,20+,21-/m1/s1. The Morgan fingerprint density at radius 2 is 1.92 bits per heavy atom. The van der Waals surface area contributed by atoms with E-state index >= 15 is 0 Å². The second-order valence-corrected chi connectivity index (χ2v) is 8.73. The normalized spacial score (nSPS) is 47.5. The molecule has 0 aliphatic heterocycles. The van der Waals surface area contributed by atoms with E-state index in [2.05, 4.69) is 27.4 Å². The number of carbonyl (C=O) groups is 2. The van der Waals surface area contributed by atoms with Crippen molar-refractivity contribution in [3.63, 3.8) is 0 Å². The van der Waals surface area contributed by atoms with Crippen LogP contribution >= 0.6 is 0 Å². The zero-order valence-electron chi connectivity index (χ0n) is 14.8. The molecule has 24 heavy (non-hydrogen) atoms. The largest absolute Gasteiger partial charge is 0.504 e. The molecule has 0 radical (unpaired) electrons. The molecule has 0 aromatic heterocycles. The fraction of sp³-hybridized carbons (Fsp3) is 0.619. The molecule has 4 rings (SSSR count). The molecule has 0 aromatic rings. The quantitative estimate of drug-likeness (QED) is 0.727. The molecule has 0 aromatic carbocycles. The molecular formula is C21H26O3. The van der Waals surface area contributed by atoms with Crippen LogP contribution in [0.1, 0.15) is 46.5 Å². The van der Waals surface area contributed by atoms with Crippen molar-refractivity contribution in [2.24, 2.45) is 34.5 Å². The molecule has 0 spiro atoms. The van der Waals surface area contributed by atoms with Crippen LogP contribution in [0.2, 0.25) is 0 Å². The average molecular weight is 326 g/mol. The summed E-state index contributed by atoms with van der Waals surface area (Å²) in [6, 6.07) is 0. The van der Waals surface area contributed by atoms with Crippen molar-refractivity contribution >= 4 is 11.6 Å². The van der Waals surface area contributed by atoms with E-state index in [0.717, 1.165) is 30.4 Å². The SMILES string of the molecule is C=C1C2=C(O)C(=O)C=C[C@]2(C)[C@H]2CC[C@]3(C)C(=O)CC[C@H]3[C@@H]2[C@@H]1C. The van der Waals surface area contributed by atoms with Crippen LogP contribution < -0.4 is 0 Å². The Morgan fingerprint density at radius 1 is 1.21 bits per heavy atom. The molecule has 4 aliphatic carbocycles. The molecule has 0 saturated heterocycles. The van der Waals surface area contributed by atoms with Gasteiger partial charge in [0.15, 0.2) is 5.76 Å². The minimum atomic E-state index is -0.348. The van der Waals surface area contributed by atoms with Gasteiger partial charge in [0.05, 0.1) is 0 Å². The number of ketones is 2. The van der Waals surface area contributed by atoms with E-state index in [1.807, 2.05) is 6.08 Å². The van der Waals surface area contributed by atoms with Gasteiger partial charge < -0.3 is 5.11 Å². The summed E-state index contributed by atoms with van der Waals surface area (Å²) in [4.78, 5) is 24.5. The molecule has 4 aliphatic rings. The predicted molar refractivity (Wildman–Crippen MR) is 92.3 cm³/mol. The van der Waals surface area contributed by atoms with Crippen LogP contribution in [-0.2, 0) is 9.59 Å². The van der Waals surface area contributed by atoms with Crippen molar-refractivity contribution in [3.8, 4) is 0 Å². The van der Waals surface area contributed by atoms with E-state index in [4.69, 9.17) is 0 Å². The Labute approximate surface area is 143 Å². The Hall–Kier alpha value is -1.64. The average Bonchev–Trinajstić information content (AvgIpc) is 2.84. The third-order valence-electron chi connectivity index (χ3n) is 7.85. The Morgan fingerprint density at radius 3 is 2.62 bits per heavy atom. The highest BCUT2D eigenvalue weighted by atomic mass is 16.3. The minimum absolute atomic E-state index is 0.119. The second kappa shape index (κ2) is 4.71. The van der Waals surface area contributed by atoms with E-state index < -0.39 is 0 Å². The molecule has 3 nitrogen and oxygen atoms in total. The number of aliphatic hydroxyl groups is 1. The lowest BCUT2D eigenvalue weighted by Crippen LogP contribution is -2.53. The number of carbonyl (C=O) groups excluding carboxylic acids is 2. The van der Waals surface area contributed by atoms with Crippen molar-refractivity contribution in [1.29, 1.82) is 0 Å². The van der Waals surface area contributed by atoms with Crippen LogP contribution in [0.25, 0.3) is 0 Å². The number of rotatable bonds is 0. The first-order chi connectivity index (χ1) is 11.2.